The minimum atomic E-state index is 0.751. The monoisotopic (exact) mass is 1170 g/mol. The molecule has 0 atom stereocenters. The van der Waals surface area contributed by atoms with E-state index in [0.29, 0.717) is 0 Å². The molecule has 0 aliphatic carbocycles. The molecule has 0 bridgehead atoms. The van der Waals surface area contributed by atoms with Crippen LogP contribution in [0.2, 0.25) is 0 Å². The molecule has 430 valence electrons. The first-order chi connectivity index (χ1) is 45.5. The molecular formula is C86H54N4O2. The van der Waals surface area contributed by atoms with Gasteiger partial charge in [0.2, 0.25) is 0 Å². The molecule has 0 amide bonds. The molecule has 6 nitrogen and oxygen atoms in total. The van der Waals surface area contributed by atoms with Crippen LogP contribution in [0.3, 0.4) is 0 Å². The van der Waals surface area contributed by atoms with E-state index >= 15 is 0 Å². The second-order valence-corrected chi connectivity index (χ2v) is 23.8. The normalized spacial score (nSPS) is 11.7. The van der Waals surface area contributed by atoms with Crippen LogP contribution >= 0.6 is 0 Å². The fourth-order valence-corrected chi connectivity index (χ4v) is 13.7. The molecule has 0 unspecified atom stereocenters. The quantitative estimate of drug-likeness (QED) is 0.120. The van der Waals surface area contributed by atoms with E-state index in [4.69, 9.17) is 13.8 Å². The predicted molar refractivity (Wildman–Crippen MR) is 383 cm³/mol. The van der Waals surface area contributed by atoms with Crippen molar-refractivity contribution in [1.29, 1.82) is 0 Å². The number of anilines is 6. The highest BCUT2D eigenvalue weighted by molar-refractivity contribution is 6.11. The highest BCUT2D eigenvalue weighted by atomic mass is 16.3. The minimum Gasteiger partial charge on any atom is -0.454 e. The van der Waals surface area contributed by atoms with Crippen LogP contribution in [0.4, 0.5) is 34.1 Å². The summed E-state index contributed by atoms with van der Waals surface area (Å²) >= 11 is 0. The smallest absolute Gasteiger partial charge is 0.155 e. The molecule has 18 rings (SSSR count). The van der Waals surface area contributed by atoms with Crippen molar-refractivity contribution in [2.45, 2.75) is 0 Å². The van der Waals surface area contributed by atoms with E-state index in [0.717, 1.165) is 117 Å². The molecule has 0 aliphatic heterocycles. The van der Waals surface area contributed by atoms with Crippen molar-refractivity contribution in [3.63, 3.8) is 0 Å². The Labute approximate surface area is 530 Å². The van der Waals surface area contributed by atoms with Crippen LogP contribution in [0, 0.1) is 0 Å². The van der Waals surface area contributed by atoms with Crippen molar-refractivity contribution in [3.8, 4) is 55.6 Å². The van der Waals surface area contributed by atoms with Gasteiger partial charge < -0.3 is 18.6 Å². The van der Waals surface area contributed by atoms with E-state index in [-0.39, 0.29) is 0 Å². The third-order valence-electron chi connectivity index (χ3n) is 18.4. The number of pyridine rings is 2. The molecule has 0 aliphatic rings. The second-order valence-electron chi connectivity index (χ2n) is 23.8. The Balaban J connectivity index is 0.623. The first-order valence-electron chi connectivity index (χ1n) is 31.1. The number of para-hydroxylation sites is 1. The summed E-state index contributed by atoms with van der Waals surface area (Å²) in [6, 6.07) is 112. The Hall–Kier alpha value is -12.4. The van der Waals surface area contributed by atoms with Gasteiger partial charge in [0, 0.05) is 62.9 Å². The standard InChI is InChI=1S/C86H54N4O2/c1-2-9-55(10-3-1)56-21-32-71(33-22-56)90(74-52-84-86(88-53-74)81-15-6-7-16-82(81)91-84)72-38-27-59(28-39-72)64-30-42-77-67(49-64)19-20-68-50-65(31-43-78(68)77)62-13-8-12-61(47-62)57-23-34-69(35-24-57)89(73-40-44-79-80-45-46-87-54-85(80)92-83(79)51-73)70-36-25-58(26-37-70)63-29-41-76-66(48-63)18-17-60-11-4-5-14-75(60)76/h1-54H. The van der Waals surface area contributed by atoms with Crippen LogP contribution in [0.1, 0.15) is 0 Å². The van der Waals surface area contributed by atoms with Gasteiger partial charge in [0.25, 0.3) is 0 Å². The van der Waals surface area contributed by atoms with Gasteiger partial charge in [-0.3, -0.25) is 4.98 Å². The molecule has 6 heteroatoms. The third kappa shape index (κ3) is 9.28. The van der Waals surface area contributed by atoms with Crippen molar-refractivity contribution in [3.05, 3.63) is 328 Å². The number of benzene rings is 14. The molecule has 0 saturated heterocycles. The first kappa shape index (κ1) is 52.7. The Bertz CT molecular complexity index is 5880. The van der Waals surface area contributed by atoms with Gasteiger partial charge >= 0.3 is 0 Å². The fourth-order valence-electron chi connectivity index (χ4n) is 13.7. The number of furan rings is 2. The Morgan fingerprint density at radius 2 is 0.620 bits per heavy atom. The number of hydrogen-bond donors (Lipinski definition) is 0. The van der Waals surface area contributed by atoms with E-state index < -0.39 is 0 Å². The van der Waals surface area contributed by atoms with Gasteiger partial charge in [-0.25, -0.2) is 4.98 Å². The van der Waals surface area contributed by atoms with Crippen LogP contribution in [-0.2, 0) is 0 Å². The van der Waals surface area contributed by atoms with Gasteiger partial charge in [-0.1, -0.05) is 194 Å². The molecule has 0 N–H and O–H groups in total. The molecule has 14 aromatic carbocycles. The van der Waals surface area contributed by atoms with E-state index in [1.54, 1.807) is 6.20 Å². The maximum absolute atomic E-state index is 6.40. The summed E-state index contributed by atoms with van der Waals surface area (Å²) in [4.78, 5) is 13.9. The summed E-state index contributed by atoms with van der Waals surface area (Å²) in [5.74, 6) is 0. The van der Waals surface area contributed by atoms with Crippen molar-refractivity contribution in [1.82, 2.24) is 9.97 Å². The molecule has 92 heavy (non-hydrogen) atoms. The molecule has 0 radical (unpaired) electrons. The third-order valence-corrected chi connectivity index (χ3v) is 18.4. The van der Waals surface area contributed by atoms with E-state index in [2.05, 4.69) is 300 Å². The lowest BCUT2D eigenvalue weighted by molar-refractivity contribution is 0.667. The maximum atomic E-state index is 6.40. The second kappa shape index (κ2) is 21.7. The SMILES string of the molecule is c1ccc(-c2ccc(N(c3ccc(-c4ccc5c(ccc6cc(-c7cccc(-c8ccc(N(c9ccc(-c%10ccc%11c(ccc%12ccccc%12%11)c%10)cc9)c9ccc%10c(c9)oc9cnccc9%10)cc8)c7)ccc65)c4)cc3)c3cnc4c(c3)oc3ccccc34)cc2)cc1. The van der Waals surface area contributed by atoms with Crippen LogP contribution in [0.25, 0.3) is 143 Å². The van der Waals surface area contributed by atoms with Crippen LogP contribution in [0.5, 0.6) is 0 Å². The molecule has 4 heterocycles. The van der Waals surface area contributed by atoms with Gasteiger partial charge in [-0.15, -0.1) is 0 Å². The Morgan fingerprint density at radius 3 is 1.23 bits per heavy atom. The lowest BCUT2D eigenvalue weighted by Crippen LogP contribution is -2.10. The minimum absolute atomic E-state index is 0.751. The van der Waals surface area contributed by atoms with E-state index in [9.17, 15) is 0 Å². The summed E-state index contributed by atoms with van der Waals surface area (Å²) in [6.07, 6.45) is 5.56. The predicted octanol–water partition coefficient (Wildman–Crippen LogP) is 24.2. The number of nitrogens with zero attached hydrogens (tertiary/aromatic N) is 4. The molecule has 0 saturated carbocycles. The average Bonchev–Trinajstić information content (AvgIpc) is 1.32. The van der Waals surface area contributed by atoms with Crippen molar-refractivity contribution < 1.29 is 8.83 Å². The zero-order chi connectivity index (χ0) is 60.6. The Morgan fingerprint density at radius 1 is 0.217 bits per heavy atom. The van der Waals surface area contributed by atoms with Gasteiger partial charge in [0.05, 0.1) is 18.1 Å². The zero-order valence-electron chi connectivity index (χ0n) is 49.8. The number of rotatable bonds is 11. The summed E-state index contributed by atoms with van der Waals surface area (Å²) in [5.41, 5.74) is 21.7. The summed E-state index contributed by atoms with van der Waals surface area (Å²) in [5, 5.41) is 13.0. The van der Waals surface area contributed by atoms with Gasteiger partial charge in [-0.05, 0) is 202 Å². The van der Waals surface area contributed by atoms with Crippen LogP contribution in [0.15, 0.2) is 337 Å². The maximum Gasteiger partial charge on any atom is 0.155 e. The first-order valence-corrected chi connectivity index (χ1v) is 31.1. The van der Waals surface area contributed by atoms with Gasteiger partial charge in [0.1, 0.15) is 16.7 Å². The summed E-state index contributed by atoms with van der Waals surface area (Å²) in [6.45, 7) is 0. The average molecular weight is 1180 g/mol. The largest absolute Gasteiger partial charge is 0.454 e. The fraction of sp³-hybridized carbons (Fsp3) is 0. The number of hydrogen-bond acceptors (Lipinski definition) is 6. The molecule has 0 spiro atoms. The highest BCUT2D eigenvalue weighted by Crippen LogP contribution is 2.43. The summed E-state index contributed by atoms with van der Waals surface area (Å²) in [7, 11) is 0. The van der Waals surface area contributed by atoms with Crippen molar-refractivity contribution in [2.75, 3.05) is 9.80 Å². The van der Waals surface area contributed by atoms with Crippen molar-refractivity contribution >= 4 is 121 Å². The topological polar surface area (TPSA) is 58.5 Å². The number of aromatic nitrogens is 2. The Kier molecular flexibility index (Phi) is 12.5. The van der Waals surface area contributed by atoms with E-state index in [1.807, 2.05) is 36.7 Å². The molecule has 4 aromatic heterocycles. The lowest BCUT2D eigenvalue weighted by Gasteiger charge is -2.26. The van der Waals surface area contributed by atoms with Gasteiger partial charge in [-0.2, -0.15) is 0 Å². The molecular weight excluding hydrogens is 1120 g/mol. The summed E-state index contributed by atoms with van der Waals surface area (Å²) < 4.78 is 12.7. The molecule has 0 fully saturated rings. The zero-order valence-corrected chi connectivity index (χ0v) is 49.8. The number of fused-ring (bicyclic) bond motifs is 12. The highest BCUT2D eigenvalue weighted by Gasteiger charge is 2.20. The van der Waals surface area contributed by atoms with E-state index in [1.165, 1.54) is 59.8 Å². The lowest BCUT2D eigenvalue weighted by atomic mass is 9.94. The van der Waals surface area contributed by atoms with Gasteiger partial charge in [0.15, 0.2) is 11.2 Å². The molecule has 18 aromatic rings. The van der Waals surface area contributed by atoms with Crippen LogP contribution < -0.4 is 9.80 Å². The van der Waals surface area contributed by atoms with Crippen LogP contribution in [-0.4, -0.2) is 9.97 Å². The van der Waals surface area contributed by atoms with Crippen molar-refractivity contribution in [2.24, 2.45) is 0 Å².